The number of rotatable bonds is 9. The average molecular weight is 430 g/mol. The Hall–Kier alpha value is -2.15. The molecule has 0 saturated carbocycles. The summed E-state index contributed by atoms with van der Waals surface area (Å²) in [5, 5.41) is 2.82. The topological polar surface area (TPSA) is 76.8 Å². The molecule has 0 saturated heterocycles. The number of carbonyl (C=O) groups is 1. The Morgan fingerprint density at radius 2 is 1.71 bits per heavy atom. The van der Waals surface area contributed by atoms with Crippen LogP contribution in [0.1, 0.15) is 24.2 Å². The molecule has 8 heteroatoms. The minimum atomic E-state index is -0.204. The van der Waals surface area contributed by atoms with Crippen LogP contribution in [0.15, 0.2) is 42.5 Å². The highest BCUT2D eigenvalue weighted by atomic mass is 35.5. The Balaban J connectivity index is 0.00000364. The van der Waals surface area contributed by atoms with E-state index in [1.54, 1.807) is 49.6 Å². The number of nitrogens with zero attached hydrogens (tertiary/aromatic N) is 1. The lowest BCUT2D eigenvalue weighted by Gasteiger charge is -2.18. The molecule has 28 heavy (non-hydrogen) atoms. The van der Waals surface area contributed by atoms with E-state index in [1.807, 2.05) is 0 Å². The van der Waals surface area contributed by atoms with Gasteiger partial charge in [-0.1, -0.05) is 13.8 Å². The first-order valence-electron chi connectivity index (χ1n) is 8.77. The SMILES string of the molecule is CCN(CC)CCOc1ccc(C(=O)Nc2ccc(OC)c(N)c2)cc1.Cl.Cl. The maximum atomic E-state index is 12.3. The number of carbonyl (C=O) groups excluding carboxylic acids is 1. The second kappa shape index (κ2) is 13.1. The van der Waals surface area contributed by atoms with Crippen molar-refractivity contribution in [2.45, 2.75) is 13.8 Å². The fourth-order valence-electron chi connectivity index (χ4n) is 2.55. The lowest BCUT2D eigenvalue weighted by Crippen LogP contribution is -2.27. The molecule has 2 aromatic rings. The zero-order chi connectivity index (χ0) is 18.9. The van der Waals surface area contributed by atoms with Crippen molar-refractivity contribution in [1.82, 2.24) is 4.90 Å². The van der Waals surface area contributed by atoms with Gasteiger partial charge in [-0.25, -0.2) is 0 Å². The summed E-state index contributed by atoms with van der Waals surface area (Å²) < 4.78 is 10.8. The molecule has 6 nitrogen and oxygen atoms in total. The number of likely N-dealkylation sites (N-methyl/N-ethyl adjacent to an activating group) is 1. The van der Waals surface area contributed by atoms with Gasteiger partial charge in [-0.2, -0.15) is 0 Å². The lowest BCUT2D eigenvalue weighted by atomic mass is 10.2. The van der Waals surface area contributed by atoms with Crippen LogP contribution >= 0.6 is 24.8 Å². The number of nitrogen functional groups attached to an aromatic ring is 1. The van der Waals surface area contributed by atoms with Gasteiger partial charge in [0, 0.05) is 17.8 Å². The number of nitrogens with two attached hydrogens (primary N) is 1. The Bertz CT molecular complexity index is 723. The van der Waals surface area contributed by atoms with E-state index < -0.39 is 0 Å². The molecule has 0 fully saturated rings. The number of amides is 1. The number of hydrogen-bond acceptors (Lipinski definition) is 5. The van der Waals surface area contributed by atoms with E-state index >= 15 is 0 Å². The van der Waals surface area contributed by atoms with Gasteiger partial charge >= 0.3 is 0 Å². The van der Waals surface area contributed by atoms with E-state index in [-0.39, 0.29) is 30.7 Å². The van der Waals surface area contributed by atoms with Crippen LogP contribution < -0.4 is 20.5 Å². The molecular formula is C20H29Cl2N3O3. The zero-order valence-corrected chi connectivity index (χ0v) is 18.1. The molecule has 0 atom stereocenters. The van der Waals surface area contributed by atoms with E-state index in [4.69, 9.17) is 15.2 Å². The second-order valence-electron chi connectivity index (χ2n) is 5.81. The summed E-state index contributed by atoms with van der Waals surface area (Å²) in [5.41, 5.74) is 7.50. The van der Waals surface area contributed by atoms with Crippen molar-refractivity contribution in [3.8, 4) is 11.5 Å². The maximum absolute atomic E-state index is 12.3. The third kappa shape index (κ3) is 7.46. The standard InChI is InChI=1S/C20H27N3O3.2ClH/c1-4-23(5-2)12-13-26-17-9-6-15(7-10-17)20(24)22-16-8-11-19(25-3)18(21)14-16;;/h6-11,14H,4-5,12-13,21H2,1-3H3,(H,22,24);2*1H. The van der Waals surface area contributed by atoms with Crippen molar-refractivity contribution < 1.29 is 14.3 Å². The van der Waals surface area contributed by atoms with E-state index in [2.05, 4.69) is 24.1 Å². The van der Waals surface area contributed by atoms with E-state index in [0.717, 1.165) is 25.4 Å². The molecule has 156 valence electrons. The molecule has 0 aliphatic rings. The smallest absolute Gasteiger partial charge is 0.255 e. The molecule has 0 heterocycles. The van der Waals surface area contributed by atoms with Crippen molar-refractivity contribution in [1.29, 1.82) is 0 Å². The molecule has 0 aliphatic heterocycles. The minimum absolute atomic E-state index is 0. The Kier molecular flexibility index (Phi) is 12.1. The fraction of sp³-hybridized carbons (Fsp3) is 0.350. The first-order chi connectivity index (χ1) is 12.6. The van der Waals surface area contributed by atoms with Crippen molar-refractivity contribution >= 4 is 42.1 Å². The van der Waals surface area contributed by atoms with Gasteiger partial charge < -0.3 is 25.4 Å². The van der Waals surface area contributed by atoms with Gasteiger partial charge in [0.25, 0.3) is 5.91 Å². The zero-order valence-electron chi connectivity index (χ0n) is 16.4. The van der Waals surface area contributed by atoms with E-state index in [0.29, 0.717) is 29.3 Å². The molecule has 0 radical (unpaired) electrons. The van der Waals surface area contributed by atoms with Gasteiger partial charge in [-0.15, -0.1) is 24.8 Å². The number of nitrogens with one attached hydrogen (secondary N) is 1. The van der Waals surface area contributed by atoms with Gasteiger partial charge in [0.2, 0.25) is 0 Å². The van der Waals surface area contributed by atoms with Crippen LogP contribution in [0, 0.1) is 0 Å². The summed E-state index contributed by atoms with van der Waals surface area (Å²) in [6.07, 6.45) is 0. The largest absolute Gasteiger partial charge is 0.495 e. The Labute approximate surface area is 179 Å². The van der Waals surface area contributed by atoms with Crippen LogP contribution in [0.3, 0.4) is 0 Å². The second-order valence-corrected chi connectivity index (χ2v) is 5.81. The van der Waals surface area contributed by atoms with Gasteiger partial charge in [-0.05, 0) is 55.6 Å². The highest BCUT2D eigenvalue weighted by molar-refractivity contribution is 6.04. The number of halogens is 2. The van der Waals surface area contributed by atoms with Gasteiger partial charge in [-0.3, -0.25) is 4.79 Å². The van der Waals surface area contributed by atoms with Crippen LogP contribution in [-0.4, -0.2) is 44.2 Å². The van der Waals surface area contributed by atoms with Crippen molar-refractivity contribution in [2.24, 2.45) is 0 Å². The summed E-state index contributed by atoms with van der Waals surface area (Å²) in [7, 11) is 1.55. The van der Waals surface area contributed by atoms with Gasteiger partial charge in [0.15, 0.2) is 0 Å². The number of methoxy groups -OCH3 is 1. The van der Waals surface area contributed by atoms with E-state index in [9.17, 15) is 4.79 Å². The fourth-order valence-corrected chi connectivity index (χ4v) is 2.55. The number of benzene rings is 2. The molecule has 2 aromatic carbocycles. The molecule has 0 bridgehead atoms. The Morgan fingerprint density at radius 3 is 2.25 bits per heavy atom. The van der Waals surface area contributed by atoms with Crippen LogP contribution in [0.5, 0.6) is 11.5 Å². The number of ether oxygens (including phenoxy) is 2. The average Bonchev–Trinajstić information content (AvgIpc) is 2.66. The van der Waals surface area contributed by atoms with Crippen LogP contribution in [0.2, 0.25) is 0 Å². The highest BCUT2D eigenvalue weighted by Crippen LogP contribution is 2.25. The predicted molar refractivity (Wildman–Crippen MR) is 120 cm³/mol. The van der Waals surface area contributed by atoms with Gasteiger partial charge in [0.05, 0.1) is 12.8 Å². The monoisotopic (exact) mass is 429 g/mol. The summed E-state index contributed by atoms with van der Waals surface area (Å²) in [6.45, 7) is 7.79. The lowest BCUT2D eigenvalue weighted by molar-refractivity contribution is 0.102. The van der Waals surface area contributed by atoms with Crippen LogP contribution in [0.25, 0.3) is 0 Å². The first-order valence-corrected chi connectivity index (χ1v) is 8.77. The van der Waals surface area contributed by atoms with Crippen molar-refractivity contribution in [2.75, 3.05) is 44.4 Å². The third-order valence-electron chi connectivity index (χ3n) is 4.17. The number of hydrogen-bond donors (Lipinski definition) is 2. The van der Waals surface area contributed by atoms with Crippen LogP contribution in [-0.2, 0) is 0 Å². The van der Waals surface area contributed by atoms with Crippen molar-refractivity contribution in [3.05, 3.63) is 48.0 Å². The summed E-state index contributed by atoms with van der Waals surface area (Å²) in [5.74, 6) is 1.13. The quantitative estimate of drug-likeness (QED) is 0.586. The number of anilines is 2. The molecule has 0 spiro atoms. The summed E-state index contributed by atoms with van der Waals surface area (Å²) in [6, 6.07) is 12.2. The predicted octanol–water partition coefficient (Wildman–Crippen LogP) is 4.09. The van der Waals surface area contributed by atoms with Crippen molar-refractivity contribution in [3.63, 3.8) is 0 Å². The van der Waals surface area contributed by atoms with Gasteiger partial charge in [0.1, 0.15) is 18.1 Å². The third-order valence-corrected chi connectivity index (χ3v) is 4.17. The van der Waals surface area contributed by atoms with E-state index in [1.165, 1.54) is 0 Å². The molecule has 0 aliphatic carbocycles. The summed E-state index contributed by atoms with van der Waals surface area (Å²) >= 11 is 0. The molecule has 0 aromatic heterocycles. The molecular weight excluding hydrogens is 401 g/mol. The molecule has 3 N–H and O–H groups in total. The molecule has 0 unspecified atom stereocenters. The maximum Gasteiger partial charge on any atom is 0.255 e. The Morgan fingerprint density at radius 1 is 1.07 bits per heavy atom. The highest BCUT2D eigenvalue weighted by Gasteiger charge is 2.08. The van der Waals surface area contributed by atoms with Crippen LogP contribution in [0.4, 0.5) is 11.4 Å². The molecule has 2 rings (SSSR count). The first kappa shape index (κ1) is 25.9. The summed E-state index contributed by atoms with van der Waals surface area (Å²) in [4.78, 5) is 14.6. The normalized spacial score (nSPS) is 9.86. The molecule has 1 amide bonds. The minimum Gasteiger partial charge on any atom is -0.495 e.